The summed E-state index contributed by atoms with van der Waals surface area (Å²) in [4.78, 5) is 12.2. The van der Waals surface area contributed by atoms with Crippen LogP contribution in [0, 0.1) is 0 Å². The summed E-state index contributed by atoms with van der Waals surface area (Å²) in [5, 5.41) is 13.0. The zero-order valence-corrected chi connectivity index (χ0v) is 13.7. The van der Waals surface area contributed by atoms with Crippen LogP contribution in [0.2, 0.25) is 0 Å². The minimum Gasteiger partial charge on any atom is -0.491 e. The fourth-order valence-corrected chi connectivity index (χ4v) is 2.29. The van der Waals surface area contributed by atoms with Gasteiger partial charge in [-0.3, -0.25) is 4.79 Å². The molecule has 122 valence electrons. The number of benzene rings is 2. The van der Waals surface area contributed by atoms with Crippen molar-refractivity contribution in [3.63, 3.8) is 0 Å². The molecule has 0 saturated carbocycles. The molecule has 0 radical (unpaired) electrons. The Hall–Kier alpha value is -2.33. The van der Waals surface area contributed by atoms with E-state index in [1.165, 1.54) is 0 Å². The van der Waals surface area contributed by atoms with Crippen molar-refractivity contribution < 1.29 is 14.6 Å². The molecule has 4 nitrogen and oxygen atoms in total. The monoisotopic (exact) mass is 313 g/mol. The average Bonchev–Trinajstić information content (AvgIpc) is 2.54. The summed E-state index contributed by atoms with van der Waals surface area (Å²) in [5.74, 6) is 0.348. The second kappa shape index (κ2) is 7.79. The Balaban J connectivity index is 2.03. The molecule has 23 heavy (non-hydrogen) atoms. The number of carbonyl (C=O) groups excluding carboxylic acids is 1. The molecule has 0 heterocycles. The quantitative estimate of drug-likeness (QED) is 0.859. The van der Waals surface area contributed by atoms with E-state index in [1.807, 2.05) is 51.1 Å². The van der Waals surface area contributed by atoms with Gasteiger partial charge in [0, 0.05) is 0 Å². The lowest BCUT2D eigenvalue weighted by Gasteiger charge is -2.18. The van der Waals surface area contributed by atoms with Crippen LogP contribution in [0.4, 0.5) is 0 Å². The van der Waals surface area contributed by atoms with Gasteiger partial charge < -0.3 is 15.2 Å². The zero-order chi connectivity index (χ0) is 16.8. The van der Waals surface area contributed by atoms with Crippen LogP contribution in [-0.4, -0.2) is 17.1 Å². The molecule has 0 aliphatic heterocycles. The highest BCUT2D eigenvalue weighted by molar-refractivity contribution is 5.82. The summed E-state index contributed by atoms with van der Waals surface area (Å²) in [5.41, 5.74) is 1.51. The number of ether oxygens (including phenoxy) is 1. The van der Waals surface area contributed by atoms with Crippen LogP contribution < -0.4 is 10.1 Å². The molecule has 2 aromatic carbocycles. The van der Waals surface area contributed by atoms with Crippen molar-refractivity contribution >= 4 is 5.91 Å². The Labute approximate surface area is 137 Å². The van der Waals surface area contributed by atoms with Gasteiger partial charge in [0.2, 0.25) is 0 Å². The number of hydrogen-bond donors (Lipinski definition) is 2. The van der Waals surface area contributed by atoms with Crippen LogP contribution in [0.15, 0.2) is 54.6 Å². The van der Waals surface area contributed by atoms with Crippen molar-refractivity contribution in [3.8, 4) is 5.75 Å². The molecule has 0 saturated heterocycles. The van der Waals surface area contributed by atoms with E-state index in [0.29, 0.717) is 5.56 Å². The van der Waals surface area contributed by atoms with E-state index >= 15 is 0 Å². The average molecular weight is 313 g/mol. The van der Waals surface area contributed by atoms with Crippen molar-refractivity contribution in [2.45, 2.75) is 39.0 Å². The zero-order valence-electron chi connectivity index (χ0n) is 13.7. The van der Waals surface area contributed by atoms with E-state index in [9.17, 15) is 9.90 Å². The first-order valence-corrected chi connectivity index (χ1v) is 7.77. The van der Waals surface area contributed by atoms with Crippen molar-refractivity contribution in [2.24, 2.45) is 0 Å². The van der Waals surface area contributed by atoms with E-state index in [0.717, 1.165) is 11.3 Å². The Kier molecular flexibility index (Phi) is 5.77. The minimum atomic E-state index is -1.17. The van der Waals surface area contributed by atoms with Crippen molar-refractivity contribution in [2.75, 3.05) is 0 Å². The number of carbonyl (C=O) groups is 1. The highest BCUT2D eigenvalue weighted by Gasteiger charge is 2.19. The summed E-state index contributed by atoms with van der Waals surface area (Å²) < 4.78 is 5.66. The summed E-state index contributed by atoms with van der Waals surface area (Å²) in [7, 11) is 0. The molecule has 0 aliphatic rings. The van der Waals surface area contributed by atoms with Gasteiger partial charge in [0.05, 0.1) is 12.1 Å². The first kappa shape index (κ1) is 17.0. The highest BCUT2D eigenvalue weighted by atomic mass is 16.5. The normalized spacial score (nSPS) is 13.4. The standard InChI is InChI=1S/C19H23NO3/c1-13(2)23-17-11-7-10-16(12-17)14(3)20-19(22)18(21)15-8-5-4-6-9-15/h4-14,18,21H,1-3H3,(H,20,22). The molecular formula is C19H23NO3. The Morgan fingerprint density at radius 2 is 1.65 bits per heavy atom. The van der Waals surface area contributed by atoms with Crippen molar-refractivity contribution in [3.05, 3.63) is 65.7 Å². The van der Waals surface area contributed by atoms with E-state index in [4.69, 9.17) is 4.74 Å². The van der Waals surface area contributed by atoms with Crippen LogP contribution in [0.3, 0.4) is 0 Å². The largest absolute Gasteiger partial charge is 0.491 e. The third-order valence-electron chi connectivity index (χ3n) is 3.45. The summed E-state index contributed by atoms with van der Waals surface area (Å²) >= 11 is 0. The van der Waals surface area contributed by atoms with Gasteiger partial charge in [-0.25, -0.2) is 0 Å². The van der Waals surface area contributed by atoms with Crippen LogP contribution >= 0.6 is 0 Å². The lowest BCUT2D eigenvalue weighted by atomic mass is 10.1. The second-order valence-electron chi connectivity index (χ2n) is 5.78. The maximum absolute atomic E-state index is 12.2. The molecule has 2 rings (SSSR count). The Morgan fingerprint density at radius 1 is 1.00 bits per heavy atom. The molecule has 0 aliphatic carbocycles. The van der Waals surface area contributed by atoms with Crippen LogP contribution in [-0.2, 0) is 4.79 Å². The predicted molar refractivity (Wildman–Crippen MR) is 90.2 cm³/mol. The number of amides is 1. The first-order valence-electron chi connectivity index (χ1n) is 7.77. The molecule has 2 aromatic rings. The summed E-state index contributed by atoms with van der Waals surface area (Å²) in [6.07, 6.45) is -1.08. The number of hydrogen-bond acceptors (Lipinski definition) is 3. The SMILES string of the molecule is CC(C)Oc1cccc(C(C)NC(=O)C(O)c2ccccc2)c1. The third kappa shape index (κ3) is 4.83. The van der Waals surface area contributed by atoms with Gasteiger partial charge in [-0.1, -0.05) is 42.5 Å². The van der Waals surface area contributed by atoms with E-state index in [1.54, 1.807) is 24.3 Å². The van der Waals surface area contributed by atoms with E-state index in [2.05, 4.69) is 5.32 Å². The minimum absolute atomic E-state index is 0.0926. The molecule has 2 atom stereocenters. The Bertz CT molecular complexity index is 640. The van der Waals surface area contributed by atoms with Crippen molar-refractivity contribution in [1.29, 1.82) is 0 Å². The number of rotatable bonds is 6. The van der Waals surface area contributed by atoms with Crippen molar-refractivity contribution in [1.82, 2.24) is 5.32 Å². The molecule has 0 bridgehead atoms. The van der Waals surface area contributed by atoms with Gasteiger partial charge >= 0.3 is 0 Å². The van der Waals surface area contributed by atoms with Crippen LogP contribution in [0.5, 0.6) is 5.75 Å². The fraction of sp³-hybridized carbons (Fsp3) is 0.316. The third-order valence-corrected chi connectivity index (χ3v) is 3.45. The number of aliphatic hydroxyl groups is 1. The molecule has 1 amide bonds. The highest BCUT2D eigenvalue weighted by Crippen LogP contribution is 2.21. The number of nitrogens with one attached hydrogen (secondary N) is 1. The van der Waals surface area contributed by atoms with Gasteiger partial charge in [-0.15, -0.1) is 0 Å². The smallest absolute Gasteiger partial charge is 0.253 e. The topological polar surface area (TPSA) is 58.6 Å². The molecule has 0 fully saturated rings. The Morgan fingerprint density at radius 3 is 2.30 bits per heavy atom. The molecule has 4 heteroatoms. The fourth-order valence-electron chi connectivity index (χ4n) is 2.29. The van der Waals surface area contributed by atoms with E-state index in [-0.39, 0.29) is 12.1 Å². The molecule has 0 aromatic heterocycles. The molecule has 2 unspecified atom stereocenters. The maximum atomic E-state index is 12.2. The lowest BCUT2D eigenvalue weighted by molar-refractivity contribution is -0.130. The predicted octanol–water partition coefficient (Wildman–Crippen LogP) is 3.38. The first-order chi connectivity index (χ1) is 11.0. The summed E-state index contributed by atoms with van der Waals surface area (Å²) in [6.45, 7) is 5.81. The van der Waals surface area contributed by atoms with Gasteiger partial charge in [-0.05, 0) is 44.0 Å². The molecule has 2 N–H and O–H groups in total. The number of aliphatic hydroxyl groups excluding tert-OH is 1. The lowest BCUT2D eigenvalue weighted by Crippen LogP contribution is -2.31. The second-order valence-corrected chi connectivity index (χ2v) is 5.78. The summed E-state index contributed by atoms with van der Waals surface area (Å²) in [6, 6.07) is 16.3. The van der Waals surface area contributed by atoms with Crippen LogP contribution in [0.1, 0.15) is 44.0 Å². The molecular weight excluding hydrogens is 290 g/mol. The van der Waals surface area contributed by atoms with E-state index < -0.39 is 12.0 Å². The van der Waals surface area contributed by atoms with Gasteiger partial charge in [0.15, 0.2) is 6.10 Å². The van der Waals surface area contributed by atoms with Crippen LogP contribution in [0.25, 0.3) is 0 Å². The van der Waals surface area contributed by atoms with Gasteiger partial charge in [-0.2, -0.15) is 0 Å². The van der Waals surface area contributed by atoms with Gasteiger partial charge in [0.1, 0.15) is 5.75 Å². The van der Waals surface area contributed by atoms with Gasteiger partial charge in [0.25, 0.3) is 5.91 Å². The maximum Gasteiger partial charge on any atom is 0.253 e. The molecule has 0 spiro atoms.